The van der Waals surface area contributed by atoms with Gasteiger partial charge in [-0.15, -0.1) is 6.58 Å². The fourth-order valence-electron chi connectivity index (χ4n) is 9.09. The zero-order chi connectivity index (χ0) is 23.3. The van der Waals surface area contributed by atoms with E-state index in [1.165, 1.54) is 38.5 Å². The van der Waals surface area contributed by atoms with Crippen molar-refractivity contribution >= 4 is 0 Å². The Morgan fingerprint density at radius 1 is 1.16 bits per heavy atom. The van der Waals surface area contributed by atoms with Crippen molar-refractivity contribution in [2.45, 2.75) is 111 Å². The first kappa shape index (κ1) is 24.5. The highest BCUT2D eigenvalue weighted by Crippen LogP contribution is 2.67. The Labute approximate surface area is 196 Å². The van der Waals surface area contributed by atoms with Gasteiger partial charge in [-0.2, -0.15) is 0 Å². The van der Waals surface area contributed by atoms with Crippen molar-refractivity contribution < 1.29 is 15.3 Å². The molecule has 0 heterocycles. The lowest BCUT2D eigenvalue weighted by atomic mass is 9.47. The minimum Gasteiger partial charge on any atom is -0.393 e. The summed E-state index contributed by atoms with van der Waals surface area (Å²) in [6.45, 7) is 15.7. The van der Waals surface area contributed by atoms with Gasteiger partial charge in [0.05, 0.1) is 6.10 Å². The number of aliphatic hydroxyl groups excluding tert-OH is 1. The van der Waals surface area contributed by atoms with Crippen molar-refractivity contribution in [3.63, 3.8) is 0 Å². The molecule has 0 spiro atoms. The molecule has 0 bridgehead atoms. The highest BCUT2D eigenvalue weighted by molar-refractivity contribution is 5.25. The molecule has 2 N–H and O–H groups in total. The summed E-state index contributed by atoms with van der Waals surface area (Å²) in [4.78, 5) is 4.99. The largest absolute Gasteiger partial charge is 0.393 e. The molecule has 0 amide bonds. The van der Waals surface area contributed by atoms with Gasteiger partial charge in [0.2, 0.25) is 0 Å². The molecule has 0 saturated heterocycles. The Balaban J connectivity index is 1.49. The Kier molecular flexibility index (Phi) is 6.78. The second-order valence-corrected chi connectivity index (χ2v) is 12.8. The van der Waals surface area contributed by atoms with Crippen LogP contribution in [0.2, 0.25) is 0 Å². The highest BCUT2D eigenvalue weighted by atomic mass is 17.1. The molecule has 3 nitrogen and oxygen atoms in total. The van der Waals surface area contributed by atoms with Crippen molar-refractivity contribution in [2.24, 2.45) is 46.3 Å². The smallest absolute Gasteiger partial charge is 0.123 e. The summed E-state index contributed by atoms with van der Waals surface area (Å²) >= 11 is 0. The van der Waals surface area contributed by atoms with Crippen LogP contribution >= 0.6 is 0 Å². The van der Waals surface area contributed by atoms with E-state index >= 15 is 0 Å². The topological polar surface area (TPSA) is 49.7 Å². The van der Waals surface area contributed by atoms with Gasteiger partial charge < -0.3 is 5.11 Å². The fourth-order valence-corrected chi connectivity index (χ4v) is 9.09. The summed E-state index contributed by atoms with van der Waals surface area (Å²) < 4.78 is 0. The van der Waals surface area contributed by atoms with E-state index in [-0.39, 0.29) is 12.0 Å². The minimum absolute atomic E-state index is 0.118. The number of hydrogen-bond donors (Lipinski definition) is 2. The van der Waals surface area contributed by atoms with Crippen LogP contribution in [0, 0.1) is 46.3 Å². The summed E-state index contributed by atoms with van der Waals surface area (Å²) in [6.07, 6.45) is 15.9. The molecule has 0 aromatic carbocycles. The van der Waals surface area contributed by atoms with Crippen LogP contribution < -0.4 is 0 Å². The molecule has 182 valence electrons. The lowest BCUT2D eigenvalue weighted by molar-refractivity contribution is -0.321. The SMILES string of the molecule is C=CC(CC[C@@H](C)C1CCC2C3CC=C4C[C@@H](O)CC[C@]4(C)C3CC[C@@]21C)(OO)C(C)C. The molecule has 0 aromatic heterocycles. The molecule has 0 aromatic rings. The van der Waals surface area contributed by atoms with E-state index in [0.717, 1.165) is 49.4 Å². The van der Waals surface area contributed by atoms with E-state index in [9.17, 15) is 10.4 Å². The summed E-state index contributed by atoms with van der Waals surface area (Å²) in [5.74, 6) is 4.05. The molecule has 9 atom stereocenters. The first-order chi connectivity index (χ1) is 15.1. The fraction of sp³-hybridized carbons (Fsp3) is 0.862. The molecule has 4 rings (SSSR count). The normalized spacial score (nSPS) is 44.1. The van der Waals surface area contributed by atoms with E-state index in [4.69, 9.17) is 4.89 Å². The molecular weight excluding hydrogens is 396 g/mol. The molecule has 4 aliphatic carbocycles. The van der Waals surface area contributed by atoms with Crippen LogP contribution in [-0.4, -0.2) is 22.1 Å². The van der Waals surface area contributed by atoms with Crippen LogP contribution in [-0.2, 0) is 4.89 Å². The maximum absolute atomic E-state index is 10.3. The van der Waals surface area contributed by atoms with Crippen molar-refractivity contribution in [3.8, 4) is 0 Å². The maximum atomic E-state index is 10.3. The predicted molar refractivity (Wildman–Crippen MR) is 131 cm³/mol. The minimum atomic E-state index is -0.629. The number of hydrogen-bond acceptors (Lipinski definition) is 3. The number of fused-ring (bicyclic) bond motifs is 5. The molecule has 4 aliphatic rings. The van der Waals surface area contributed by atoms with Gasteiger partial charge >= 0.3 is 0 Å². The highest BCUT2D eigenvalue weighted by Gasteiger charge is 2.59. The van der Waals surface area contributed by atoms with Crippen LogP contribution in [0.15, 0.2) is 24.3 Å². The molecule has 5 unspecified atom stereocenters. The summed E-state index contributed by atoms with van der Waals surface area (Å²) in [5.41, 5.74) is 1.70. The summed E-state index contributed by atoms with van der Waals surface area (Å²) in [5, 5.41) is 19.9. The molecule has 3 fully saturated rings. The Morgan fingerprint density at radius 3 is 2.56 bits per heavy atom. The van der Waals surface area contributed by atoms with Gasteiger partial charge in [-0.1, -0.05) is 52.3 Å². The van der Waals surface area contributed by atoms with Crippen LogP contribution in [0.3, 0.4) is 0 Å². The number of rotatable bonds is 7. The Bertz CT molecular complexity index is 728. The first-order valence-corrected chi connectivity index (χ1v) is 13.4. The van der Waals surface area contributed by atoms with Gasteiger partial charge in [-0.25, -0.2) is 4.89 Å². The quantitative estimate of drug-likeness (QED) is 0.244. The van der Waals surface area contributed by atoms with E-state index in [1.54, 1.807) is 5.57 Å². The van der Waals surface area contributed by atoms with Crippen LogP contribution in [0.25, 0.3) is 0 Å². The summed E-state index contributed by atoms with van der Waals surface area (Å²) in [6, 6.07) is 0. The van der Waals surface area contributed by atoms with Gasteiger partial charge in [0.1, 0.15) is 5.60 Å². The van der Waals surface area contributed by atoms with Crippen molar-refractivity contribution in [3.05, 3.63) is 24.3 Å². The van der Waals surface area contributed by atoms with E-state index < -0.39 is 5.60 Å². The molecule has 0 aliphatic heterocycles. The van der Waals surface area contributed by atoms with E-state index in [0.29, 0.717) is 16.7 Å². The van der Waals surface area contributed by atoms with Crippen molar-refractivity contribution in [2.75, 3.05) is 0 Å². The van der Waals surface area contributed by atoms with Gasteiger partial charge in [0.25, 0.3) is 0 Å². The second kappa shape index (κ2) is 8.86. The standard InChI is InChI=1S/C29H48O3/c1-7-29(32-31,19(2)3)17-12-20(4)24-10-11-25-23-9-8-21-18-22(30)13-15-27(21,5)26(23)14-16-28(24,25)6/h7-8,19-20,22-26,30-31H,1,9-18H2,2-6H3/t20-,22+,23?,24?,25?,26?,27+,28-,29?/m1/s1. The van der Waals surface area contributed by atoms with Gasteiger partial charge in [0.15, 0.2) is 0 Å². The third-order valence-electron chi connectivity index (χ3n) is 11.3. The third-order valence-corrected chi connectivity index (χ3v) is 11.3. The maximum Gasteiger partial charge on any atom is 0.123 e. The lowest BCUT2D eigenvalue weighted by Gasteiger charge is -2.58. The van der Waals surface area contributed by atoms with Gasteiger partial charge in [0, 0.05) is 0 Å². The van der Waals surface area contributed by atoms with Gasteiger partial charge in [-0.05, 0) is 111 Å². The van der Waals surface area contributed by atoms with Crippen LogP contribution in [0.1, 0.15) is 98.8 Å². The van der Waals surface area contributed by atoms with E-state index in [1.807, 2.05) is 6.08 Å². The number of aliphatic hydroxyl groups is 1. The summed E-state index contributed by atoms with van der Waals surface area (Å²) in [7, 11) is 0. The third kappa shape index (κ3) is 3.75. The van der Waals surface area contributed by atoms with Crippen LogP contribution in [0.4, 0.5) is 0 Å². The molecule has 0 radical (unpaired) electrons. The molecule has 32 heavy (non-hydrogen) atoms. The molecule has 3 saturated carbocycles. The van der Waals surface area contributed by atoms with Crippen LogP contribution in [0.5, 0.6) is 0 Å². The molecule has 3 heteroatoms. The predicted octanol–water partition coefficient (Wildman–Crippen LogP) is 7.41. The zero-order valence-corrected chi connectivity index (χ0v) is 21.3. The Morgan fingerprint density at radius 2 is 1.91 bits per heavy atom. The second-order valence-electron chi connectivity index (χ2n) is 12.8. The van der Waals surface area contributed by atoms with E-state index in [2.05, 4.69) is 47.3 Å². The first-order valence-electron chi connectivity index (χ1n) is 13.4. The Hall–Kier alpha value is -0.640. The average molecular weight is 445 g/mol. The van der Waals surface area contributed by atoms with Gasteiger partial charge in [-0.3, -0.25) is 5.26 Å². The number of allylic oxidation sites excluding steroid dienone is 1. The lowest BCUT2D eigenvalue weighted by Crippen LogP contribution is -2.50. The van der Waals surface area contributed by atoms with Crippen molar-refractivity contribution in [1.82, 2.24) is 0 Å². The zero-order valence-electron chi connectivity index (χ0n) is 21.3. The molecular formula is C29H48O3. The van der Waals surface area contributed by atoms with Crippen molar-refractivity contribution in [1.29, 1.82) is 0 Å². The monoisotopic (exact) mass is 444 g/mol. The average Bonchev–Trinajstić information content (AvgIpc) is 3.12.